The molecule has 0 bridgehead atoms. The van der Waals surface area contributed by atoms with Crippen LogP contribution in [0.3, 0.4) is 0 Å². The van der Waals surface area contributed by atoms with E-state index in [-0.39, 0.29) is 24.5 Å². The van der Waals surface area contributed by atoms with Crippen LogP contribution in [-0.4, -0.2) is 40.5 Å². The second-order valence-electron chi connectivity index (χ2n) is 4.91. The van der Waals surface area contributed by atoms with E-state index < -0.39 is 0 Å². The Balaban J connectivity index is 2.16. The molecule has 1 saturated carbocycles. The van der Waals surface area contributed by atoms with E-state index >= 15 is 0 Å². The zero-order chi connectivity index (χ0) is 14.7. The lowest BCUT2D eigenvalue weighted by Crippen LogP contribution is -2.39. The maximum atomic E-state index is 12.6. The van der Waals surface area contributed by atoms with Gasteiger partial charge in [-0.05, 0) is 32.8 Å². The van der Waals surface area contributed by atoms with E-state index in [1.54, 1.807) is 28.7 Å². The predicted molar refractivity (Wildman–Crippen MR) is 75.2 cm³/mol. The van der Waals surface area contributed by atoms with E-state index in [9.17, 15) is 9.59 Å². The Morgan fingerprint density at radius 3 is 2.70 bits per heavy atom. The fraction of sp³-hybridized carbons (Fsp3) is 0.571. The van der Waals surface area contributed by atoms with E-state index in [1.807, 2.05) is 6.92 Å². The molecule has 1 fully saturated rings. The first-order chi connectivity index (χ1) is 9.56. The summed E-state index contributed by atoms with van der Waals surface area (Å²) < 4.78 is 6.74. The van der Waals surface area contributed by atoms with E-state index in [2.05, 4.69) is 0 Å². The van der Waals surface area contributed by atoms with Crippen LogP contribution in [0, 0.1) is 0 Å². The van der Waals surface area contributed by atoms with Gasteiger partial charge in [-0.15, -0.1) is 0 Å². The fourth-order valence-corrected chi connectivity index (χ4v) is 2.22. The molecule has 1 aliphatic carbocycles. The van der Waals surface area contributed by atoms with Crippen molar-refractivity contribution in [2.24, 2.45) is 0 Å². The number of esters is 1. The molecular weight excluding hydrogens is 258 g/mol. The highest BCUT2D eigenvalue weighted by Gasteiger charge is 2.35. The second-order valence-corrected chi connectivity index (χ2v) is 4.91. The molecule has 0 radical (unpaired) electrons. The molecule has 2 N–H and O–H groups in total. The standard InChI is InChI=1S/C14H21N3O3/c1-3-16-8-10(15)7-12(16)14(19)17(11-5-6-11)9-13(18)20-4-2/h7-8,11H,3-6,9,15H2,1-2H3. The third kappa shape index (κ3) is 3.12. The van der Waals surface area contributed by atoms with Crippen LogP contribution >= 0.6 is 0 Å². The van der Waals surface area contributed by atoms with Crippen molar-refractivity contribution in [3.63, 3.8) is 0 Å². The van der Waals surface area contributed by atoms with Crippen LogP contribution < -0.4 is 5.73 Å². The highest BCUT2D eigenvalue weighted by Crippen LogP contribution is 2.28. The quantitative estimate of drug-likeness (QED) is 0.795. The van der Waals surface area contributed by atoms with Crippen molar-refractivity contribution in [3.8, 4) is 0 Å². The van der Waals surface area contributed by atoms with Crippen molar-refractivity contribution < 1.29 is 14.3 Å². The number of nitrogens with zero attached hydrogens (tertiary/aromatic N) is 2. The Hall–Kier alpha value is -1.98. The average molecular weight is 279 g/mol. The van der Waals surface area contributed by atoms with Crippen molar-refractivity contribution in [3.05, 3.63) is 18.0 Å². The molecule has 2 rings (SSSR count). The lowest BCUT2D eigenvalue weighted by atomic mass is 10.3. The van der Waals surface area contributed by atoms with Crippen molar-refractivity contribution >= 4 is 17.6 Å². The molecule has 0 saturated heterocycles. The molecule has 0 aromatic carbocycles. The first-order valence-electron chi connectivity index (χ1n) is 6.99. The van der Waals surface area contributed by atoms with Gasteiger partial charge in [0.15, 0.2) is 0 Å². The number of carbonyl (C=O) groups is 2. The number of rotatable bonds is 6. The molecule has 6 heteroatoms. The predicted octanol–water partition coefficient (Wildman–Crippen LogP) is 1.26. The van der Waals surface area contributed by atoms with Crippen LogP contribution in [0.4, 0.5) is 5.69 Å². The highest BCUT2D eigenvalue weighted by molar-refractivity contribution is 5.96. The van der Waals surface area contributed by atoms with E-state index in [4.69, 9.17) is 10.5 Å². The fourth-order valence-electron chi connectivity index (χ4n) is 2.22. The number of carbonyl (C=O) groups excluding carboxylic acids is 2. The van der Waals surface area contributed by atoms with Gasteiger partial charge in [-0.25, -0.2) is 0 Å². The van der Waals surface area contributed by atoms with E-state index in [0.717, 1.165) is 12.8 Å². The topological polar surface area (TPSA) is 77.6 Å². The summed E-state index contributed by atoms with van der Waals surface area (Å²) in [6, 6.07) is 1.81. The number of ether oxygens (including phenoxy) is 1. The van der Waals surface area contributed by atoms with Crippen LogP contribution in [-0.2, 0) is 16.1 Å². The van der Waals surface area contributed by atoms with Crippen molar-refractivity contribution in [1.82, 2.24) is 9.47 Å². The summed E-state index contributed by atoms with van der Waals surface area (Å²) in [4.78, 5) is 25.8. The second kappa shape index (κ2) is 5.98. The van der Waals surface area contributed by atoms with Gasteiger partial charge < -0.3 is 19.9 Å². The van der Waals surface area contributed by atoms with Gasteiger partial charge in [0.05, 0.1) is 12.3 Å². The number of aromatic nitrogens is 1. The third-order valence-corrected chi connectivity index (χ3v) is 3.33. The number of aryl methyl sites for hydroxylation is 1. The van der Waals surface area contributed by atoms with Gasteiger partial charge in [-0.2, -0.15) is 0 Å². The molecule has 20 heavy (non-hydrogen) atoms. The lowest BCUT2D eigenvalue weighted by Gasteiger charge is -2.21. The molecule has 1 aromatic heterocycles. The summed E-state index contributed by atoms with van der Waals surface area (Å²) in [6.07, 6.45) is 3.61. The zero-order valence-electron chi connectivity index (χ0n) is 12.0. The number of nitrogen functional groups attached to an aromatic ring is 1. The lowest BCUT2D eigenvalue weighted by molar-refractivity contribution is -0.144. The zero-order valence-corrected chi connectivity index (χ0v) is 12.0. The van der Waals surface area contributed by atoms with Gasteiger partial charge in [0.1, 0.15) is 12.2 Å². The molecule has 1 heterocycles. The number of amides is 1. The van der Waals surface area contributed by atoms with Crippen molar-refractivity contribution in [2.75, 3.05) is 18.9 Å². The molecule has 0 aliphatic heterocycles. The summed E-state index contributed by atoms with van der Waals surface area (Å²) in [6.45, 7) is 4.69. The van der Waals surface area contributed by atoms with E-state index in [0.29, 0.717) is 24.5 Å². The monoisotopic (exact) mass is 279 g/mol. The van der Waals surface area contributed by atoms with Crippen LogP contribution in [0.2, 0.25) is 0 Å². The van der Waals surface area contributed by atoms with Gasteiger partial charge in [0.2, 0.25) is 0 Å². The SMILES string of the molecule is CCOC(=O)CN(C(=O)c1cc(N)cn1CC)C1CC1. The number of nitrogens with two attached hydrogens (primary N) is 1. The first-order valence-corrected chi connectivity index (χ1v) is 6.99. The third-order valence-electron chi connectivity index (χ3n) is 3.33. The Labute approximate surface area is 118 Å². The van der Waals surface area contributed by atoms with Crippen molar-refractivity contribution in [1.29, 1.82) is 0 Å². The van der Waals surface area contributed by atoms with Crippen molar-refractivity contribution in [2.45, 2.75) is 39.3 Å². The van der Waals surface area contributed by atoms with Gasteiger partial charge in [-0.1, -0.05) is 0 Å². The van der Waals surface area contributed by atoms with E-state index in [1.165, 1.54) is 0 Å². The van der Waals surface area contributed by atoms with Gasteiger partial charge in [0, 0.05) is 18.8 Å². The summed E-state index contributed by atoms with van der Waals surface area (Å²) in [7, 11) is 0. The summed E-state index contributed by atoms with van der Waals surface area (Å²) in [5.74, 6) is -0.519. The summed E-state index contributed by atoms with van der Waals surface area (Å²) in [5.41, 5.74) is 6.84. The van der Waals surface area contributed by atoms with Gasteiger partial charge in [0.25, 0.3) is 5.91 Å². The maximum absolute atomic E-state index is 12.6. The molecule has 1 aliphatic rings. The maximum Gasteiger partial charge on any atom is 0.325 e. The molecule has 0 unspecified atom stereocenters. The first kappa shape index (κ1) is 14.4. The normalized spacial score (nSPS) is 14.1. The Morgan fingerprint density at radius 1 is 1.45 bits per heavy atom. The van der Waals surface area contributed by atoms with Gasteiger partial charge >= 0.3 is 5.97 Å². The van der Waals surface area contributed by atoms with Crippen LogP contribution in [0.25, 0.3) is 0 Å². The van der Waals surface area contributed by atoms with Crippen LogP contribution in [0.5, 0.6) is 0 Å². The number of hydrogen-bond acceptors (Lipinski definition) is 4. The number of anilines is 1. The molecule has 0 spiro atoms. The minimum Gasteiger partial charge on any atom is -0.465 e. The molecule has 1 amide bonds. The molecule has 6 nitrogen and oxygen atoms in total. The average Bonchev–Trinajstić information content (AvgIpc) is 3.18. The Kier molecular flexibility index (Phi) is 4.32. The molecule has 0 atom stereocenters. The summed E-state index contributed by atoms with van der Waals surface area (Å²) >= 11 is 0. The minimum absolute atomic E-state index is 0.00609. The molecule has 1 aromatic rings. The molecular formula is C14H21N3O3. The molecule has 110 valence electrons. The number of hydrogen-bond donors (Lipinski definition) is 1. The van der Waals surface area contributed by atoms with Crippen LogP contribution in [0.15, 0.2) is 12.3 Å². The smallest absolute Gasteiger partial charge is 0.325 e. The largest absolute Gasteiger partial charge is 0.465 e. The summed E-state index contributed by atoms with van der Waals surface area (Å²) in [5, 5.41) is 0. The highest BCUT2D eigenvalue weighted by atomic mass is 16.5. The Morgan fingerprint density at radius 2 is 2.15 bits per heavy atom. The minimum atomic E-state index is -0.365. The van der Waals surface area contributed by atoms with Crippen LogP contribution in [0.1, 0.15) is 37.2 Å². The Bertz CT molecular complexity index is 506. The van der Waals surface area contributed by atoms with Gasteiger partial charge in [-0.3, -0.25) is 9.59 Å².